The molecule has 0 amide bonds. The van der Waals surface area contributed by atoms with Crippen molar-refractivity contribution in [3.05, 3.63) is 0 Å². The van der Waals surface area contributed by atoms with E-state index in [-0.39, 0.29) is 6.04 Å². The second-order valence-corrected chi connectivity index (χ2v) is 8.19. The Kier molecular flexibility index (Phi) is 6.98. The number of nitrogens with one attached hydrogen (secondary N) is 1. The zero-order chi connectivity index (χ0) is 13.6. The van der Waals surface area contributed by atoms with Crippen molar-refractivity contribution in [1.29, 1.82) is 0 Å². The minimum atomic E-state index is -2.80. The minimum Gasteiger partial charge on any atom is -0.312 e. The van der Waals surface area contributed by atoms with Gasteiger partial charge in [-0.1, -0.05) is 6.92 Å². The van der Waals surface area contributed by atoms with Crippen molar-refractivity contribution < 1.29 is 8.42 Å². The molecule has 1 fully saturated rings. The van der Waals surface area contributed by atoms with Gasteiger partial charge in [0.2, 0.25) is 0 Å². The Labute approximate surface area is 116 Å². The Balaban J connectivity index is 2.35. The largest absolute Gasteiger partial charge is 0.312 e. The number of rotatable bonds is 7. The first-order valence-electron chi connectivity index (χ1n) is 6.61. The predicted octanol–water partition coefficient (Wildman–Crippen LogP) is 0.837. The Morgan fingerprint density at radius 3 is 2.78 bits per heavy atom. The molecule has 1 rings (SSSR count). The van der Waals surface area contributed by atoms with E-state index < -0.39 is 9.84 Å². The molecule has 108 valence electrons. The summed E-state index contributed by atoms with van der Waals surface area (Å²) < 4.78 is 23.1. The van der Waals surface area contributed by atoms with Gasteiger partial charge in [-0.2, -0.15) is 11.8 Å². The lowest BCUT2D eigenvalue weighted by Gasteiger charge is -2.30. The average molecular weight is 294 g/mol. The molecule has 0 spiro atoms. The van der Waals surface area contributed by atoms with E-state index in [1.54, 1.807) is 0 Å². The van der Waals surface area contributed by atoms with Crippen LogP contribution < -0.4 is 5.32 Å². The van der Waals surface area contributed by atoms with E-state index in [1.807, 2.05) is 11.8 Å². The van der Waals surface area contributed by atoms with Crippen LogP contribution in [0.4, 0.5) is 0 Å². The molecule has 4 nitrogen and oxygen atoms in total. The Morgan fingerprint density at radius 2 is 2.22 bits per heavy atom. The van der Waals surface area contributed by atoms with Gasteiger partial charge in [0.05, 0.1) is 11.5 Å². The van der Waals surface area contributed by atoms with E-state index in [9.17, 15) is 8.42 Å². The SMILES string of the molecule is CCC(CSC)N(C)CCC1CS(=O)(=O)CCN1. The first kappa shape index (κ1) is 16.3. The van der Waals surface area contributed by atoms with Crippen molar-refractivity contribution >= 4 is 21.6 Å². The summed E-state index contributed by atoms with van der Waals surface area (Å²) in [6.07, 6.45) is 4.19. The molecule has 6 heteroatoms. The summed E-state index contributed by atoms with van der Waals surface area (Å²) in [6, 6.07) is 0.734. The van der Waals surface area contributed by atoms with Gasteiger partial charge in [0.1, 0.15) is 0 Å². The van der Waals surface area contributed by atoms with E-state index in [0.29, 0.717) is 24.1 Å². The summed E-state index contributed by atoms with van der Waals surface area (Å²) in [4.78, 5) is 2.36. The van der Waals surface area contributed by atoms with Crippen LogP contribution in [0.5, 0.6) is 0 Å². The highest BCUT2D eigenvalue weighted by Gasteiger charge is 2.24. The summed E-state index contributed by atoms with van der Waals surface area (Å²) >= 11 is 1.87. The highest BCUT2D eigenvalue weighted by molar-refractivity contribution is 7.98. The molecule has 0 saturated carbocycles. The maximum absolute atomic E-state index is 11.5. The Bertz CT molecular complexity index is 333. The molecule has 1 aliphatic heterocycles. The standard InChI is InChI=1S/C12H26N2O2S2/c1-4-12(9-17-3)14(2)7-5-11-10-18(15,16)8-6-13-11/h11-13H,4-10H2,1-3H3. The van der Waals surface area contributed by atoms with Gasteiger partial charge in [-0.15, -0.1) is 0 Å². The fourth-order valence-corrected chi connectivity index (χ4v) is 4.71. The van der Waals surface area contributed by atoms with Gasteiger partial charge < -0.3 is 10.2 Å². The van der Waals surface area contributed by atoms with Crippen LogP contribution in [-0.4, -0.2) is 69.1 Å². The van der Waals surface area contributed by atoms with Crippen molar-refractivity contribution in [2.45, 2.75) is 31.8 Å². The molecule has 0 radical (unpaired) electrons. The lowest BCUT2D eigenvalue weighted by Crippen LogP contribution is -2.47. The molecule has 2 unspecified atom stereocenters. The van der Waals surface area contributed by atoms with Crippen LogP contribution in [0.25, 0.3) is 0 Å². The van der Waals surface area contributed by atoms with Crippen molar-refractivity contribution in [2.24, 2.45) is 0 Å². The normalized spacial score (nSPS) is 25.2. The molecular formula is C12H26N2O2S2. The van der Waals surface area contributed by atoms with Crippen molar-refractivity contribution in [3.63, 3.8) is 0 Å². The predicted molar refractivity (Wildman–Crippen MR) is 80.2 cm³/mol. The Morgan fingerprint density at radius 1 is 1.50 bits per heavy atom. The second-order valence-electron chi connectivity index (χ2n) is 5.05. The van der Waals surface area contributed by atoms with Crippen LogP contribution in [0.2, 0.25) is 0 Å². The van der Waals surface area contributed by atoms with Crippen molar-refractivity contribution in [3.8, 4) is 0 Å². The van der Waals surface area contributed by atoms with Gasteiger partial charge in [0.25, 0.3) is 0 Å². The topological polar surface area (TPSA) is 49.4 Å². The highest BCUT2D eigenvalue weighted by Crippen LogP contribution is 2.11. The first-order chi connectivity index (χ1) is 8.48. The molecule has 0 aromatic heterocycles. The van der Waals surface area contributed by atoms with Gasteiger partial charge in [-0.25, -0.2) is 8.42 Å². The van der Waals surface area contributed by atoms with E-state index in [4.69, 9.17) is 0 Å². The first-order valence-corrected chi connectivity index (χ1v) is 9.83. The fourth-order valence-electron chi connectivity index (χ4n) is 2.34. The third kappa shape index (κ3) is 5.47. The quantitative estimate of drug-likeness (QED) is 0.754. The summed E-state index contributed by atoms with van der Waals surface area (Å²) in [6.45, 7) is 3.78. The van der Waals surface area contributed by atoms with Crippen LogP contribution in [-0.2, 0) is 9.84 Å². The zero-order valence-corrected chi connectivity index (χ0v) is 13.3. The van der Waals surface area contributed by atoms with E-state index in [0.717, 1.165) is 25.1 Å². The smallest absolute Gasteiger partial charge is 0.153 e. The van der Waals surface area contributed by atoms with E-state index in [1.165, 1.54) is 0 Å². The third-order valence-corrected chi connectivity index (χ3v) is 6.04. The number of sulfone groups is 1. The molecule has 0 aliphatic carbocycles. The lowest BCUT2D eigenvalue weighted by molar-refractivity contribution is 0.243. The molecule has 0 aromatic rings. The minimum absolute atomic E-state index is 0.137. The van der Waals surface area contributed by atoms with Crippen LogP contribution in [0, 0.1) is 0 Å². The van der Waals surface area contributed by atoms with Crippen LogP contribution in [0.3, 0.4) is 0 Å². The van der Waals surface area contributed by atoms with Gasteiger partial charge in [0, 0.05) is 24.4 Å². The fraction of sp³-hybridized carbons (Fsp3) is 1.00. The molecule has 1 aliphatic rings. The van der Waals surface area contributed by atoms with Crippen LogP contribution >= 0.6 is 11.8 Å². The third-order valence-electron chi connectivity index (χ3n) is 3.59. The van der Waals surface area contributed by atoms with Gasteiger partial charge in [0.15, 0.2) is 9.84 Å². The van der Waals surface area contributed by atoms with Crippen molar-refractivity contribution in [2.75, 3.05) is 43.7 Å². The molecule has 1 saturated heterocycles. The maximum Gasteiger partial charge on any atom is 0.153 e. The monoisotopic (exact) mass is 294 g/mol. The number of nitrogens with zero attached hydrogens (tertiary/aromatic N) is 1. The van der Waals surface area contributed by atoms with Gasteiger partial charge in [-0.05, 0) is 32.7 Å². The molecular weight excluding hydrogens is 268 g/mol. The summed E-state index contributed by atoms with van der Waals surface area (Å²) in [5.74, 6) is 1.74. The Hall–Kier alpha value is 0.220. The zero-order valence-electron chi connectivity index (χ0n) is 11.7. The number of hydrogen-bond acceptors (Lipinski definition) is 5. The van der Waals surface area contributed by atoms with Crippen molar-refractivity contribution in [1.82, 2.24) is 10.2 Å². The van der Waals surface area contributed by atoms with Crippen LogP contribution in [0.1, 0.15) is 19.8 Å². The summed E-state index contributed by atoms with van der Waals surface area (Å²) in [5.41, 5.74) is 0. The summed E-state index contributed by atoms with van der Waals surface area (Å²) in [7, 11) is -0.660. The van der Waals surface area contributed by atoms with Gasteiger partial charge >= 0.3 is 0 Å². The summed E-state index contributed by atoms with van der Waals surface area (Å²) in [5, 5.41) is 3.31. The van der Waals surface area contributed by atoms with Gasteiger partial charge in [-0.3, -0.25) is 0 Å². The molecule has 1 N–H and O–H groups in total. The maximum atomic E-state index is 11.5. The molecule has 1 heterocycles. The van der Waals surface area contributed by atoms with E-state index >= 15 is 0 Å². The average Bonchev–Trinajstić information content (AvgIpc) is 2.32. The molecule has 18 heavy (non-hydrogen) atoms. The lowest BCUT2D eigenvalue weighted by atomic mass is 10.2. The van der Waals surface area contributed by atoms with E-state index in [2.05, 4.69) is 30.4 Å². The highest BCUT2D eigenvalue weighted by atomic mass is 32.2. The number of thioether (sulfide) groups is 1. The second kappa shape index (κ2) is 7.72. The molecule has 2 atom stereocenters. The molecule has 0 aromatic carbocycles. The van der Waals surface area contributed by atoms with Crippen LogP contribution in [0.15, 0.2) is 0 Å². The molecule has 0 bridgehead atoms. The number of hydrogen-bond donors (Lipinski definition) is 1.